The van der Waals surface area contributed by atoms with E-state index < -0.39 is 0 Å². The van der Waals surface area contributed by atoms with Crippen LogP contribution in [0.2, 0.25) is 0 Å². The minimum Gasteiger partial charge on any atom is -0.506 e. The molecule has 0 spiro atoms. The third-order valence-corrected chi connectivity index (χ3v) is 3.37. The second-order valence-electron chi connectivity index (χ2n) is 4.62. The zero-order valence-corrected chi connectivity index (χ0v) is 11.3. The van der Waals surface area contributed by atoms with E-state index in [1.807, 2.05) is 29.8 Å². The number of aromatic hydroxyl groups is 1. The predicted octanol–water partition coefficient (Wildman–Crippen LogP) is 2.54. The highest BCUT2D eigenvalue weighted by Gasteiger charge is 2.11. The summed E-state index contributed by atoms with van der Waals surface area (Å²) in [6, 6.07) is 10.8. The smallest absolute Gasteiger partial charge is 0.140 e. The van der Waals surface area contributed by atoms with E-state index in [2.05, 4.69) is 4.98 Å². The van der Waals surface area contributed by atoms with Crippen LogP contribution in [0.1, 0.15) is 0 Å². The van der Waals surface area contributed by atoms with Crippen molar-refractivity contribution < 1.29 is 9.84 Å². The van der Waals surface area contributed by atoms with Gasteiger partial charge in [-0.2, -0.15) is 0 Å². The molecule has 0 unspecified atom stereocenters. The fourth-order valence-corrected chi connectivity index (χ4v) is 2.26. The van der Waals surface area contributed by atoms with Crippen LogP contribution in [-0.4, -0.2) is 21.8 Å². The topological polar surface area (TPSA) is 73.3 Å². The van der Waals surface area contributed by atoms with Gasteiger partial charge in [0.1, 0.15) is 17.3 Å². The fourth-order valence-electron chi connectivity index (χ4n) is 2.26. The number of ether oxygens (including phenoxy) is 1. The number of hydrogen-bond donors (Lipinski definition) is 2. The molecule has 20 heavy (non-hydrogen) atoms. The van der Waals surface area contributed by atoms with Gasteiger partial charge in [0.25, 0.3) is 0 Å². The Balaban J connectivity index is 2.20. The molecule has 0 radical (unpaired) electrons. The molecular formula is C15H15N3O2. The van der Waals surface area contributed by atoms with E-state index in [9.17, 15) is 5.11 Å². The number of nitrogens with zero attached hydrogens (tertiary/aromatic N) is 2. The number of benzene rings is 2. The lowest BCUT2D eigenvalue weighted by Gasteiger charge is -2.05. The summed E-state index contributed by atoms with van der Waals surface area (Å²) in [5, 5.41) is 9.50. The zero-order chi connectivity index (χ0) is 14.3. The summed E-state index contributed by atoms with van der Waals surface area (Å²) in [5.41, 5.74) is 8.80. The van der Waals surface area contributed by atoms with Crippen molar-refractivity contribution in [3.63, 3.8) is 0 Å². The zero-order valence-electron chi connectivity index (χ0n) is 11.3. The number of nitrogens with two attached hydrogens (primary N) is 1. The third kappa shape index (κ3) is 1.84. The molecule has 0 aliphatic carbocycles. The Bertz CT molecular complexity index is 793. The summed E-state index contributed by atoms with van der Waals surface area (Å²) < 4.78 is 7.20. The summed E-state index contributed by atoms with van der Waals surface area (Å²) in [4.78, 5) is 4.61. The lowest BCUT2D eigenvalue weighted by atomic mass is 10.2. The number of aromatic nitrogens is 2. The van der Waals surface area contributed by atoms with Crippen LogP contribution in [-0.2, 0) is 7.05 Å². The van der Waals surface area contributed by atoms with Crippen LogP contribution in [0, 0.1) is 0 Å². The molecule has 0 aliphatic rings. The van der Waals surface area contributed by atoms with E-state index in [4.69, 9.17) is 10.5 Å². The Morgan fingerprint density at radius 3 is 2.70 bits per heavy atom. The molecule has 3 N–H and O–H groups in total. The molecule has 0 amide bonds. The monoisotopic (exact) mass is 269 g/mol. The number of aryl methyl sites for hydroxylation is 1. The van der Waals surface area contributed by atoms with Gasteiger partial charge < -0.3 is 20.1 Å². The maximum Gasteiger partial charge on any atom is 0.140 e. The average molecular weight is 269 g/mol. The van der Waals surface area contributed by atoms with Crippen molar-refractivity contribution in [2.24, 2.45) is 7.05 Å². The van der Waals surface area contributed by atoms with Crippen molar-refractivity contribution in [1.29, 1.82) is 0 Å². The molecule has 102 valence electrons. The second kappa shape index (κ2) is 4.45. The Labute approximate surface area is 116 Å². The third-order valence-electron chi connectivity index (χ3n) is 3.37. The molecule has 0 bridgehead atoms. The number of rotatable bonds is 2. The minimum absolute atomic E-state index is 0.0779. The number of methoxy groups -OCH3 is 1. The lowest BCUT2D eigenvalue weighted by Crippen LogP contribution is -1.94. The SMILES string of the molecule is COc1ccc2c(c1)nc(-c1ccc(O)c(N)c1)n2C. The van der Waals surface area contributed by atoms with Crippen LogP contribution in [0.25, 0.3) is 22.4 Å². The first-order chi connectivity index (χ1) is 9.60. The van der Waals surface area contributed by atoms with E-state index >= 15 is 0 Å². The number of imidazole rings is 1. The van der Waals surface area contributed by atoms with E-state index in [0.29, 0.717) is 5.69 Å². The Morgan fingerprint density at radius 1 is 1.20 bits per heavy atom. The van der Waals surface area contributed by atoms with Crippen LogP contribution in [0.4, 0.5) is 5.69 Å². The number of anilines is 1. The van der Waals surface area contributed by atoms with Gasteiger partial charge in [-0.15, -0.1) is 0 Å². The Hall–Kier alpha value is -2.69. The van der Waals surface area contributed by atoms with Gasteiger partial charge >= 0.3 is 0 Å². The lowest BCUT2D eigenvalue weighted by molar-refractivity contribution is 0.415. The first-order valence-electron chi connectivity index (χ1n) is 6.19. The van der Waals surface area contributed by atoms with Gasteiger partial charge in [0.15, 0.2) is 0 Å². The van der Waals surface area contributed by atoms with Gasteiger partial charge in [-0.3, -0.25) is 0 Å². The highest BCUT2D eigenvalue weighted by atomic mass is 16.5. The maximum atomic E-state index is 9.50. The summed E-state index contributed by atoms with van der Waals surface area (Å²) >= 11 is 0. The van der Waals surface area contributed by atoms with Crippen LogP contribution in [0.5, 0.6) is 11.5 Å². The quantitative estimate of drug-likeness (QED) is 0.554. The molecule has 2 aromatic carbocycles. The number of phenols is 1. The van der Waals surface area contributed by atoms with Crippen molar-refractivity contribution >= 4 is 16.7 Å². The maximum absolute atomic E-state index is 9.50. The van der Waals surface area contributed by atoms with Gasteiger partial charge in [-0.1, -0.05) is 0 Å². The Morgan fingerprint density at radius 2 is 2.00 bits per heavy atom. The van der Waals surface area contributed by atoms with Crippen LogP contribution >= 0.6 is 0 Å². The summed E-state index contributed by atoms with van der Waals surface area (Å²) in [6.45, 7) is 0. The Kier molecular flexibility index (Phi) is 2.75. The summed E-state index contributed by atoms with van der Waals surface area (Å²) in [5.74, 6) is 1.64. The van der Waals surface area contributed by atoms with Gasteiger partial charge in [-0.25, -0.2) is 4.98 Å². The molecule has 1 heterocycles. The van der Waals surface area contributed by atoms with E-state index in [0.717, 1.165) is 28.2 Å². The van der Waals surface area contributed by atoms with Crippen molar-refractivity contribution in [2.45, 2.75) is 0 Å². The molecule has 3 aromatic rings. The van der Waals surface area contributed by atoms with Crippen LogP contribution in [0.3, 0.4) is 0 Å². The molecule has 3 rings (SSSR count). The summed E-state index contributed by atoms with van der Waals surface area (Å²) in [7, 11) is 3.58. The van der Waals surface area contributed by atoms with Gasteiger partial charge in [-0.05, 0) is 30.3 Å². The largest absolute Gasteiger partial charge is 0.506 e. The number of nitrogen functional groups attached to an aromatic ring is 1. The van der Waals surface area contributed by atoms with Gasteiger partial charge in [0.2, 0.25) is 0 Å². The van der Waals surface area contributed by atoms with Crippen molar-refractivity contribution in [2.75, 3.05) is 12.8 Å². The molecule has 0 atom stereocenters. The van der Waals surface area contributed by atoms with E-state index in [-0.39, 0.29) is 5.75 Å². The predicted molar refractivity (Wildman–Crippen MR) is 78.8 cm³/mol. The molecule has 0 saturated carbocycles. The molecule has 5 nitrogen and oxygen atoms in total. The van der Waals surface area contributed by atoms with Crippen LogP contribution < -0.4 is 10.5 Å². The van der Waals surface area contributed by atoms with Gasteiger partial charge in [0, 0.05) is 18.7 Å². The second-order valence-corrected chi connectivity index (χ2v) is 4.62. The molecule has 0 saturated heterocycles. The first kappa shape index (κ1) is 12.3. The van der Waals surface area contributed by atoms with E-state index in [1.54, 1.807) is 25.3 Å². The van der Waals surface area contributed by atoms with Crippen molar-refractivity contribution in [3.05, 3.63) is 36.4 Å². The first-order valence-corrected chi connectivity index (χ1v) is 6.19. The van der Waals surface area contributed by atoms with Crippen molar-refractivity contribution in [3.8, 4) is 22.9 Å². The summed E-state index contributed by atoms with van der Waals surface area (Å²) in [6.07, 6.45) is 0. The number of hydrogen-bond acceptors (Lipinski definition) is 4. The molecular weight excluding hydrogens is 254 g/mol. The fraction of sp³-hybridized carbons (Fsp3) is 0.133. The van der Waals surface area contributed by atoms with E-state index in [1.165, 1.54) is 0 Å². The minimum atomic E-state index is 0.0779. The molecule has 0 fully saturated rings. The number of fused-ring (bicyclic) bond motifs is 1. The highest BCUT2D eigenvalue weighted by molar-refractivity contribution is 5.82. The van der Waals surface area contributed by atoms with Crippen molar-refractivity contribution in [1.82, 2.24) is 9.55 Å². The molecule has 5 heteroatoms. The standard InChI is InChI=1S/C15H15N3O2/c1-18-13-5-4-10(20-2)8-12(13)17-15(18)9-3-6-14(19)11(16)7-9/h3-8,19H,16H2,1-2H3. The molecule has 0 aliphatic heterocycles. The average Bonchev–Trinajstić information content (AvgIpc) is 2.78. The highest BCUT2D eigenvalue weighted by Crippen LogP contribution is 2.30. The molecule has 1 aromatic heterocycles. The normalized spacial score (nSPS) is 10.9. The van der Waals surface area contributed by atoms with Crippen LogP contribution in [0.15, 0.2) is 36.4 Å². The van der Waals surface area contributed by atoms with Gasteiger partial charge in [0.05, 0.1) is 23.8 Å². The number of phenolic OH excluding ortho intramolecular Hbond substituents is 1.